The Bertz CT molecular complexity index is 1600. The van der Waals surface area contributed by atoms with E-state index < -0.39 is 11.2 Å². The van der Waals surface area contributed by atoms with Gasteiger partial charge < -0.3 is 19.5 Å². The predicted molar refractivity (Wildman–Crippen MR) is 155 cm³/mol. The van der Waals surface area contributed by atoms with Crippen molar-refractivity contribution in [2.75, 3.05) is 5.32 Å². The van der Waals surface area contributed by atoms with E-state index in [1.54, 1.807) is 13.8 Å². The molecule has 0 spiro atoms. The summed E-state index contributed by atoms with van der Waals surface area (Å²) in [4.78, 5) is 4.97. The summed E-state index contributed by atoms with van der Waals surface area (Å²) in [7, 11) is 0.427. The molecule has 0 aliphatic carbocycles. The Kier molecular flexibility index (Phi) is 5.90. The lowest BCUT2D eigenvalue weighted by atomic mass is 9.81. The average Bonchev–Trinajstić information content (AvgIpc) is 3.36. The minimum absolute atomic E-state index is 0.0380. The van der Waals surface area contributed by atoms with Crippen molar-refractivity contribution >= 4 is 29.7 Å². The largest absolute Gasteiger partial charge is 0.436 e. The van der Waals surface area contributed by atoms with Gasteiger partial charge >= 0.3 is 7.48 Å². The zero-order valence-corrected chi connectivity index (χ0v) is 22.2. The van der Waals surface area contributed by atoms with E-state index in [-0.39, 0.29) is 6.04 Å². The molecule has 2 heterocycles. The molecule has 4 aromatic carbocycles. The van der Waals surface area contributed by atoms with Crippen molar-refractivity contribution in [3.63, 3.8) is 0 Å². The van der Waals surface area contributed by atoms with Crippen LogP contribution in [-0.4, -0.2) is 28.8 Å². The van der Waals surface area contributed by atoms with Gasteiger partial charge in [-0.1, -0.05) is 72.2 Å². The van der Waals surface area contributed by atoms with Gasteiger partial charge in [-0.15, -0.1) is 0 Å². The molecule has 1 atom stereocenters. The maximum absolute atomic E-state index is 10.4. The van der Waals surface area contributed by atoms with Crippen LogP contribution in [0.3, 0.4) is 0 Å². The van der Waals surface area contributed by atoms with E-state index in [9.17, 15) is 5.11 Å². The summed E-state index contributed by atoms with van der Waals surface area (Å²) in [5.74, 6) is 0.625. The van der Waals surface area contributed by atoms with Gasteiger partial charge in [-0.05, 0) is 63.1 Å². The number of rotatable bonds is 6. The van der Waals surface area contributed by atoms with Gasteiger partial charge in [0, 0.05) is 22.4 Å². The average molecular weight is 502 g/mol. The first-order valence-electron chi connectivity index (χ1n) is 13.0. The molecule has 0 fully saturated rings. The van der Waals surface area contributed by atoms with E-state index in [1.165, 1.54) is 0 Å². The fourth-order valence-corrected chi connectivity index (χ4v) is 4.81. The summed E-state index contributed by atoms with van der Waals surface area (Å²) in [6, 6.07) is 31.0. The second-order valence-corrected chi connectivity index (χ2v) is 11.0. The van der Waals surface area contributed by atoms with E-state index >= 15 is 0 Å². The number of para-hydroxylation sites is 1. The quantitative estimate of drug-likeness (QED) is 0.270. The number of anilines is 1. The first kappa shape index (κ1) is 24.5. The maximum Gasteiger partial charge on any atom is 0.309 e. The molecule has 2 N–H and O–H groups in total. The van der Waals surface area contributed by atoms with Crippen molar-refractivity contribution in [1.29, 1.82) is 0 Å². The van der Waals surface area contributed by atoms with Gasteiger partial charge in [-0.2, -0.15) is 0 Å². The molecule has 190 valence electrons. The number of aliphatic hydroxyl groups is 1. The van der Waals surface area contributed by atoms with Crippen LogP contribution in [0, 0.1) is 0 Å². The first-order valence-corrected chi connectivity index (χ1v) is 13.0. The van der Waals surface area contributed by atoms with Gasteiger partial charge in [0.15, 0.2) is 5.58 Å². The van der Waals surface area contributed by atoms with Crippen LogP contribution in [0.1, 0.15) is 44.9 Å². The molecule has 38 heavy (non-hydrogen) atoms. The summed E-state index contributed by atoms with van der Waals surface area (Å²) in [6.45, 7) is 7.37. The number of oxazole rings is 1. The molecule has 0 saturated carbocycles. The molecule has 0 saturated heterocycles. The van der Waals surface area contributed by atoms with E-state index in [2.05, 4.69) is 59.9 Å². The van der Waals surface area contributed by atoms with Crippen molar-refractivity contribution in [2.24, 2.45) is 0 Å². The molecule has 5 nitrogen and oxygen atoms in total. The molecule has 1 aliphatic heterocycles. The summed E-state index contributed by atoms with van der Waals surface area (Å²) in [5.41, 5.74) is 7.67. The Morgan fingerprint density at radius 3 is 2.32 bits per heavy atom. The number of nitrogens with one attached hydrogen (secondary N) is 1. The van der Waals surface area contributed by atoms with E-state index in [0.29, 0.717) is 13.4 Å². The molecule has 6 rings (SSSR count). The normalized spacial score (nSPS) is 15.0. The van der Waals surface area contributed by atoms with Crippen LogP contribution >= 0.6 is 0 Å². The van der Waals surface area contributed by atoms with Gasteiger partial charge in [0.2, 0.25) is 5.89 Å². The topological polar surface area (TPSA) is 67.5 Å². The lowest BCUT2D eigenvalue weighted by Gasteiger charge is -2.37. The second kappa shape index (κ2) is 9.16. The van der Waals surface area contributed by atoms with Crippen molar-refractivity contribution in [3.05, 3.63) is 102 Å². The fourth-order valence-electron chi connectivity index (χ4n) is 4.81. The Labute approximate surface area is 223 Å². The van der Waals surface area contributed by atoms with Crippen molar-refractivity contribution < 1.29 is 14.2 Å². The van der Waals surface area contributed by atoms with Crippen LogP contribution in [0.5, 0.6) is 0 Å². The van der Waals surface area contributed by atoms with Gasteiger partial charge in [0.25, 0.3) is 0 Å². The van der Waals surface area contributed by atoms with E-state index in [1.807, 2.05) is 50.2 Å². The Balaban J connectivity index is 1.38. The number of hydrogen-bond acceptors (Lipinski definition) is 5. The summed E-state index contributed by atoms with van der Waals surface area (Å²) >= 11 is 0. The highest BCUT2D eigenvalue weighted by Gasteiger charge is 2.35. The van der Waals surface area contributed by atoms with Gasteiger partial charge in [0.05, 0.1) is 17.2 Å². The third-order valence-corrected chi connectivity index (χ3v) is 7.81. The highest BCUT2D eigenvalue weighted by molar-refractivity contribution is 6.47. The van der Waals surface area contributed by atoms with Gasteiger partial charge in [0.1, 0.15) is 5.52 Å². The Morgan fingerprint density at radius 2 is 1.58 bits per heavy atom. The monoisotopic (exact) mass is 502 g/mol. The molecule has 6 heteroatoms. The second-order valence-electron chi connectivity index (χ2n) is 11.0. The lowest BCUT2D eigenvalue weighted by molar-refractivity contribution is -0.0893. The smallest absolute Gasteiger partial charge is 0.309 e. The van der Waals surface area contributed by atoms with Crippen LogP contribution in [0.2, 0.25) is 0 Å². The van der Waals surface area contributed by atoms with Crippen LogP contribution in [0.25, 0.3) is 33.7 Å². The SMILES string of the molecule is CC(C)(O)C(C)(C)OBc1ccc(C2Nc3ccccc3-c3c2ccc2oc(-c4ccccc4)nc32)cc1. The zero-order chi connectivity index (χ0) is 26.5. The molecule has 1 unspecified atom stereocenters. The first-order chi connectivity index (χ1) is 18.2. The number of benzene rings is 4. The molecule has 0 amide bonds. The minimum Gasteiger partial charge on any atom is -0.436 e. The molecule has 1 aliphatic rings. The third-order valence-electron chi connectivity index (χ3n) is 7.81. The minimum atomic E-state index is -0.942. The third kappa shape index (κ3) is 4.30. The highest BCUT2D eigenvalue weighted by atomic mass is 16.5. The van der Waals surface area contributed by atoms with Crippen LogP contribution < -0.4 is 10.8 Å². The molecule has 0 radical (unpaired) electrons. The zero-order valence-electron chi connectivity index (χ0n) is 22.2. The Hall–Kier alpha value is -3.87. The maximum atomic E-state index is 10.4. The molecule has 5 aromatic rings. The number of hydrogen-bond donors (Lipinski definition) is 2. The molecular formula is C32H31BN2O3. The predicted octanol–water partition coefficient (Wildman–Crippen LogP) is 6.22. The summed E-state index contributed by atoms with van der Waals surface area (Å²) in [5, 5.41) is 14.2. The molecule has 0 bridgehead atoms. The van der Waals surface area contributed by atoms with Crippen LogP contribution in [0.15, 0.2) is 95.4 Å². The standard InChI is InChI=1S/C32H31BN2O3/c1-31(2,36)32(3,4)38-33-22-16-14-20(15-17-22)28-24-18-19-26-29(27(24)23-12-8-9-13-25(23)34-28)35-30(37-26)21-10-6-5-7-11-21/h5-19,28,33-34,36H,1-4H3. The van der Waals surface area contributed by atoms with Crippen LogP contribution in [0.4, 0.5) is 5.69 Å². The number of nitrogens with zero attached hydrogens (tertiary/aromatic N) is 1. The van der Waals surface area contributed by atoms with E-state index in [4.69, 9.17) is 14.1 Å². The molecular weight excluding hydrogens is 471 g/mol. The summed E-state index contributed by atoms with van der Waals surface area (Å²) in [6.07, 6.45) is 0. The number of fused-ring (bicyclic) bond motifs is 5. The fraction of sp³-hybridized carbons (Fsp3) is 0.219. The van der Waals surface area contributed by atoms with Crippen LogP contribution in [-0.2, 0) is 4.65 Å². The molecule has 1 aromatic heterocycles. The number of aromatic nitrogens is 1. The van der Waals surface area contributed by atoms with Crippen molar-refractivity contribution in [3.8, 4) is 22.6 Å². The van der Waals surface area contributed by atoms with E-state index in [0.717, 1.165) is 50.1 Å². The lowest BCUT2D eigenvalue weighted by Crippen LogP contribution is -2.49. The Morgan fingerprint density at radius 1 is 0.868 bits per heavy atom. The van der Waals surface area contributed by atoms with Crippen molar-refractivity contribution in [2.45, 2.75) is 44.9 Å². The van der Waals surface area contributed by atoms with Crippen molar-refractivity contribution in [1.82, 2.24) is 4.98 Å². The van der Waals surface area contributed by atoms with Gasteiger partial charge in [-0.3, -0.25) is 0 Å². The van der Waals surface area contributed by atoms with Gasteiger partial charge in [-0.25, -0.2) is 4.98 Å². The summed E-state index contributed by atoms with van der Waals surface area (Å²) < 4.78 is 12.3. The highest BCUT2D eigenvalue weighted by Crippen LogP contribution is 2.46.